The molecule has 1 aliphatic rings. The smallest absolute Gasteiger partial charge is 0.335 e. The molecule has 18 heavy (non-hydrogen) atoms. The maximum absolute atomic E-state index is 12.0. The molecular weight excluding hydrogens is 258 g/mol. The lowest BCUT2D eigenvalue weighted by atomic mass is 10.1. The van der Waals surface area contributed by atoms with Gasteiger partial charge < -0.3 is 5.11 Å². The van der Waals surface area contributed by atoms with E-state index in [2.05, 4.69) is 6.58 Å². The number of sulfonamides is 1. The highest BCUT2D eigenvalue weighted by molar-refractivity contribution is 7.90. The van der Waals surface area contributed by atoms with Crippen molar-refractivity contribution in [2.45, 2.75) is 4.90 Å². The van der Waals surface area contributed by atoms with E-state index in [4.69, 9.17) is 5.11 Å². The van der Waals surface area contributed by atoms with Crippen molar-refractivity contribution in [2.75, 3.05) is 6.54 Å². The van der Waals surface area contributed by atoms with Crippen LogP contribution in [0.5, 0.6) is 0 Å². The third-order valence-corrected chi connectivity index (χ3v) is 4.34. The van der Waals surface area contributed by atoms with Crippen molar-refractivity contribution in [3.63, 3.8) is 0 Å². The molecule has 1 heterocycles. The summed E-state index contributed by atoms with van der Waals surface area (Å²) in [7, 11) is -3.96. The first-order valence-corrected chi connectivity index (χ1v) is 6.39. The van der Waals surface area contributed by atoms with E-state index in [1.54, 1.807) is 0 Å². The number of benzene rings is 1. The van der Waals surface area contributed by atoms with Crippen LogP contribution in [0.3, 0.4) is 0 Å². The monoisotopic (exact) mass is 267 g/mol. The molecule has 2 rings (SSSR count). The van der Waals surface area contributed by atoms with Gasteiger partial charge in [0, 0.05) is 0 Å². The number of carbonyl (C=O) groups excluding carboxylic acids is 1. The first kappa shape index (κ1) is 12.3. The van der Waals surface area contributed by atoms with E-state index in [1.807, 2.05) is 0 Å². The average molecular weight is 267 g/mol. The van der Waals surface area contributed by atoms with Crippen LogP contribution in [0.25, 0.3) is 0 Å². The SMILES string of the molecule is C=CCN1C(=O)c2ccc(C(=O)O)cc2S1(=O)=O. The molecule has 0 saturated carbocycles. The summed E-state index contributed by atoms with van der Waals surface area (Å²) in [6.07, 6.45) is 1.29. The predicted molar refractivity (Wildman–Crippen MR) is 61.8 cm³/mol. The molecule has 1 aromatic rings. The fourth-order valence-corrected chi connectivity index (χ4v) is 3.27. The fraction of sp³-hybridized carbons (Fsp3) is 0.0909. The molecule has 1 amide bonds. The summed E-state index contributed by atoms with van der Waals surface area (Å²) in [6, 6.07) is 3.40. The lowest BCUT2D eigenvalue weighted by molar-refractivity contribution is 0.0695. The summed E-state index contributed by atoms with van der Waals surface area (Å²) < 4.78 is 24.7. The Morgan fingerprint density at radius 1 is 1.44 bits per heavy atom. The zero-order valence-electron chi connectivity index (χ0n) is 9.16. The highest BCUT2D eigenvalue weighted by Crippen LogP contribution is 2.30. The highest BCUT2D eigenvalue weighted by Gasteiger charge is 2.40. The highest BCUT2D eigenvalue weighted by atomic mass is 32.2. The van der Waals surface area contributed by atoms with Crippen molar-refractivity contribution < 1.29 is 23.1 Å². The van der Waals surface area contributed by atoms with Crippen molar-refractivity contribution in [1.82, 2.24) is 4.31 Å². The van der Waals surface area contributed by atoms with Gasteiger partial charge in [0.15, 0.2) is 0 Å². The number of aromatic carboxylic acids is 1. The number of carboxylic acids is 1. The van der Waals surface area contributed by atoms with E-state index >= 15 is 0 Å². The Balaban J connectivity index is 2.65. The number of hydrogen-bond acceptors (Lipinski definition) is 4. The zero-order chi connectivity index (χ0) is 13.5. The minimum absolute atomic E-state index is 0.0122. The number of fused-ring (bicyclic) bond motifs is 1. The molecule has 0 fully saturated rings. The average Bonchev–Trinajstić information content (AvgIpc) is 2.51. The van der Waals surface area contributed by atoms with Gasteiger partial charge in [-0.15, -0.1) is 6.58 Å². The van der Waals surface area contributed by atoms with Crippen LogP contribution in [0.1, 0.15) is 20.7 Å². The first-order valence-electron chi connectivity index (χ1n) is 4.95. The summed E-state index contributed by atoms with van der Waals surface area (Å²) in [5, 5.41) is 8.81. The molecular formula is C11H9NO5S. The van der Waals surface area contributed by atoms with Crippen LogP contribution >= 0.6 is 0 Å². The Labute approximate surface area is 103 Å². The second-order valence-electron chi connectivity index (χ2n) is 3.65. The van der Waals surface area contributed by atoms with E-state index in [0.717, 1.165) is 6.07 Å². The van der Waals surface area contributed by atoms with Crippen molar-refractivity contribution in [3.8, 4) is 0 Å². The van der Waals surface area contributed by atoms with Gasteiger partial charge in [-0.25, -0.2) is 17.5 Å². The molecule has 7 heteroatoms. The maximum Gasteiger partial charge on any atom is 0.335 e. The van der Waals surface area contributed by atoms with Gasteiger partial charge >= 0.3 is 5.97 Å². The van der Waals surface area contributed by atoms with Gasteiger partial charge in [0.25, 0.3) is 15.9 Å². The molecule has 1 aliphatic heterocycles. The van der Waals surface area contributed by atoms with E-state index in [-0.39, 0.29) is 22.6 Å². The summed E-state index contributed by atoms with van der Waals surface area (Å²) in [5.74, 6) is -1.91. The normalized spacial score (nSPS) is 16.4. The van der Waals surface area contributed by atoms with Crippen LogP contribution in [0.15, 0.2) is 35.7 Å². The van der Waals surface area contributed by atoms with Gasteiger partial charge in [-0.05, 0) is 18.2 Å². The minimum Gasteiger partial charge on any atom is -0.478 e. The van der Waals surface area contributed by atoms with Gasteiger partial charge in [-0.2, -0.15) is 0 Å². The largest absolute Gasteiger partial charge is 0.478 e. The van der Waals surface area contributed by atoms with Crippen LogP contribution in [0.2, 0.25) is 0 Å². The van der Waals surface area contributed by atoms with Crippen LogP contribution < -0.4 is 0 Å². The summed E-state index contributed by atoms with van der Waals surface area (Å²) in [5.41, 5.74) is -0.188. The molecule has 0 radical (unpaired) electrons. The summed E-state index contributed by atoms with van der Waals surface area (Å²) >= 11 is 0. The molecule has 6 nitrogen and oxygen atoms in total. The van der Waals surface area contributed by atoms with Gasteiger partial charge in [0.05, 0.1) is 17.7 Å². The van der Waals surface area contributed by atoms with Gasteiger partial charge in [-0.3, -0.25) is 4.79 Å². The van der Waals surface area contributed by atoms with Crippen molar-refractivity contribution in [1.29, 1.82) is 0 Å². The number of carbonyl (C=O) groups is 2. The van der Waals surface area contributed by atoms with Crippen molar-refractivity contribution in [2.24, 2.45) is 0 Å². The first-order chi connectivity index (χ1) is 8.39. The Bertz CT molecular complexity index is 662. The Morgan fingerprint density at radius 2 is 2.11 bits per heavy atom. The molecule has 0 saturated heterocycles. The molecule has 0 aromatic heterocycles. The topological polar surface area (TPSA) is 91.8 Å². The third-order valence-electron chi connectivity index (χ3n) is 2.55. The summed E-state index contributed by atoms with van der Waals surface area (Å²) in [4.78, 5) is 22.4. The molecule has 94 valence electrons. The van der Waals surface area contributed by atoms with Crippen LogP contribution in [-0.4, -0.2) is 36.3 Å². The van der Waals surface area contributed by atoms with Crippen LogP contribution in [-0.2, 0) is 10.0 Å². The van der Waals surface area contributed by atoms with Crippen molar-refractivity contribution in [3.05, 3.63) is 42.0 Å². The Hall–Kier alpha value is -2.15. The van der Waals surface area contributed by atoms with E-state index in [0.29, 0.717) is 4.31 Å². The molecule has 0 bridgehead atoms. The maximum atomic E-state index is 12.0. The lowest BCUT2D eigenvalue weighted by Gasteiger charge is -2.11. The minimum atomic E-state index is -3.96. The van der Waals surface area contributed by atoms with Gasteiger partial charge in [0.1, 0.15) is 4.90 Å². The van der Waals surface area contributed by atoms with E-state index in [9.17, 15) is 18.0 Å². The molecule has 0 atom stereocenters. The predicted octanol–water partition coefficient (Wildman–Crippen LogP) is 0.715. The van der Waals surface area contributed by atoms with Crippen molar-refractivity contribution >= 4 is 21.9 Å². The zero-order valence-corrected chi connectivity index (χ0v) is 9.98. The van der Waals surface area contributed by atoms with Gasteiger partial charge in [-0.1, -0.05) is 6.08 Å². The Kier molecular flexibility index (Phi) is 2.70. The number of rotatable bonds is 3. The number of amides is 1. The quantitative estimate of drug-likeness (QED) is 0.814. The summed E-state index contributed by atoms with van der Waals surface area (Å²) in [6.45, 7) is 3.24. The van der Waals surface area contributed by atoms with Gasteiger partial charge in [0.2, 0.25) is 0 Å². The second kappa shape index (κ2) is 3.95. The molecule has 1 N–H and O–H groups in total. The standard InChI is InChI=1S/C11H9NO5S/c1-2-5-12-10(13)8-4-3-7(11(14)15)6-9(8)18(12,16)17/h2-4,6H,1,5H2,(H,14,15). The second-order valence-corrected chi connectivity index (χ2v) is 5.48. The Morgan fingerprint density at radius 3 is 2.67 bits per heavy atom. The van der Waals surface area contributed by atoms with E-state index in [1.165, 1.54) is 18.2 Å². The lowest BCUT2D eigenvalue weighted by Crippen LogP contribution is -2.29. The molecule has 0 unspecified atom stereocenters. The number of carboxylic acid groups (broad SMARTS) is 1. The number of hydrogen-bond donors (Lipinski definition) is 1. The number of nitrogens with zero attached hydrogens (tertiary/aromatic N) is 1. The van der Waals surface area contributed by atoms with E-state index < -0.39 is 21.9 Å². The third kappa shape index (κ3) is 1.60. The van der Waals surface area contributed by atoms with Crippen LogP contribution in [0, 0.1) is 0 Å². The van der Waals surface area contributed by atoms with Crippen LogP contribution in [0.4, 0.5) is 0 Å². The molecule has 0 spiro atoms. The molecule has 1 aromatic carbocycles. The fourth-order valence-electron chi connectivity index (χ4n) is 1.71. The molecule has 0 aliphatic carbocycles.